The number of urea groups is 3. The molecule has 12 rings (SSSR count). The second-order valence-corrected chi connectivity index (χ2v) is 21.7. The van der Waals surface area contributed by atoms with E-state index in [2.05, 4.69) is 31.2 Å². The third-order valence-corrected chi connectivity index (χ3v) is 15.7. The van der Waals surface area contributed by atoms with Gasteiger partial charge in [-0.05, 0) is 75.7 Å². The Kier molecular flexibility index (Phi) is 17.1. The molecule has 0 bridgehead atoms. The number of amides is 9. The minimum absolute atomic E-state index is 0.0370. The summed E-state index contributed by atoms with van der Waals surface area (Å²) in [6.07, 6.45) is 1.52. The van der Waals surface area contributed by atoms with Crippen molar-refractivity contribution in [3.63, 3.8) is 0 Å². The van der Waals surface area contributed by atoms with Crippen LogP contribution in [0.3, 0.4) is 0 Å². The van der Waals surface area contributed by atoms with Crippen LogP contribution < -0.4 is 16.0 Å². The Bertz CT molecular complexity index is 3750. The monoisotopic (exact) mass is 1210 g/mol. The molecule has 452 valence electrons. The van der Waals surface area contributed by atoms with Gasteiger partial charge in [-0.2, -0.15) is 20.6 Å². The molecule has 3 atom stereocenters. The van der Waals surface area contributed by atoms with Crippen molar-refractivity contribution < 1.29 is 60.8 Å². The fourth-order valence-electron chi connectivity index (χ4n) is 10.8. The van der Waals surface area contributed by atoms with Crippen molar-refractivity contribution in [2.75, 3.05) is 56.9 Å². The van der Waals surface area contributed by atoms with Crippen molar-refractivity contribution >= 4 is 64.5 Å². The molecular weight excluding hydrogens is 1150 g/mol. The number of benzene rings is 3. The number of rotatable bonds is 3. The summed E-state index contributed by atoms with van der Waals surface area (Å²) in [5.74, 6) is -4.20. The average Bonchev–Trinajstić information content (AvgIpc) is 1.71. The van der Waals surface area contributed by atoms with Crippen molar-refractivity contribution in [3.8, 4) is 6.07 Å². The summed E-state index contributed by atoms with van der Waals surface area (Å²) in [4.78, 5) is 97.3. The van der Waals surface area contributed by atoms with Gasteiger partial charge in [0, 0.05) is 98.3 Å². The van der Waals surface area contributed by atoms with E-state index in [1.165, 1.54) is 46.3 Å². The van der Waals surface area contributed by atoms with Crippen LogP contribution in [0.1, 0.15) is 97.1 Å². The number of carbonyl (C=O) groups excluding carboxylic acids is 6. The largest absolute Gasteiger partial charge is 0.322 e. The van der Waals surface area contributed by atoms with Gasteiger partial charge in [0.05, 0.1) is 86.8 Å². The molecular formula is C56H59ClF4N16O9. The number of hydrogen-bond donors (Lipinski definition) is 3. The molecule has 9 amide bonds. The normalized spacial score (nSPS) is 18.9. The van der Waals surface area contributed by atoms with Gasteiger partial charge < -0.3 is 30.7 Å². The van der Waals surface area contributed by atoms with Gasteiger partial charge >= 0.3 is 18.1 Å². The van der Waals surface area contributed by atoms with Crippen LogP contribution in [-0.4, -0.2) is 154 Å². The average molecular weight is 1210 g/mol. The van der Waals surface area contributed by atoms with Crippen molar-refractivity contribution in [1.82, 2.24) is 59.2 Å². The zero-order valence-corrected chi connectivity index (χ0v) is 48.5. The summed E-state index contributed by atoms with van der Waals surface area (Å²) in [6, 6.07) is 10.4. The molecule has 0 saturated heterocycles. The summed E-state index contributed by atoms with van der Waals surface area (Å²) in [5.41, 5.74) is 7.01. The molecule has 9 heterocycles. The quantitative estimate of drug-likeness (QED) is 0.119. The van der Waals surface area contributed by atoms with Crippen molar-refractivity contribution in [2.24, 2.45) is 0 Å². The highest BCUT2D eigenvalue weighted by Gasteiger charge is 2.39. The molecule has 0 spiro atoms. The lowest BCUT2D eigenvalue weighted by molar-refractivity contribution is -0.103. The van der Waals surface area contributed by atoms with Crippen molar-refractivity contribution in [2.45, 2.75) is 104 Å². The maximum atomic E-state index is 13.6. The molecule has 0 fully saturated rings. The number of anilines is 3. The molecule has 6 aliphatic heterocycles. The summed E-state index contributed by atoms with van der Waals surface area (Å²) in [5, 5.41) is 33.8. The van der Waals surface area contributed by atoms with E-state index in [9.17, 15) is 46.3 Å². The maximum absolute atomic E-state index is 13.6. The first-order valence-electron chi connectivity index (χ1n) is 27.3. The number of fused-ring (bicyclic) bond motifs is 9. The maximum Gasteiger partial charge on any atom is 0.322 e. The van der Waals surface area contributed by atoms with Crippen LogP contribution >= 0.6 is 11.6 Å². The first-order chi connectivity index (χ1) is 41.0. The molecule has 0 unspecified atom stereocenters. The Morgan fingerprint density at radius 1 is 0.558 bits per heavy atom. The summed E-state index contributed by atoms with van der Waals surface area (Å²) in [7, 11) is 4.65. The van der Waals surface area contributed by atoms with Crippen LogP contribution in [0.25, 0.3) is 0 Å². The zero-order valence-electron chi connectivity index (χ0n) is 47.7. The van der Waals surface area contributed by atoms with Gasteiger partial charge in [0.1, 0.15) is 34.8 Å². The number of nitrogens with one attached hydrogen (secondary N) is 3. The summed E-state index contributed by atoms with van der Waals surface area (Å²) in [6.45, 7) is 10.3. The zero-order chi connectivity index (χ0) is 61.6. The number of carbonyl (C=O) groups is 6. The first-order valence-corrected chi connectivity index (χ1v) is 27.7. The molecule has 6 aromatic rings. The third kappa shape index (κ3) is 12.0. The van der Waals surface area contributed by atoms with E-state index in [0.717, 1.165) is 45.9 Å². The van der Waals surface area contributed by atoms with Crippen LogP contribution in [0.2, 0.25) is 5.02 Å². The minimum Gasteiger partial charge on any atom is -0.317 e. The summed E-state index contributed by atoms with van der Waals surface area (Å²) < 4.78 is 58.9. The number of aryl methyl sites for hydroxylation is 1. The van der Waals surface area contributed by atoms with E-state index >= 15 is 0 Å². The minimum atomic E-state index is -1.17. The second-order valence-electron chi connectivity index (χ2n) is 21.3. The predicted octanol–water partition coefficient (Wildman–Crippen LogP) is 7.03. The van der Waals surface area contributed by atoms with Crippen LogP contribution in [0.4, 0.5) is 49.0 Å². The molecule has 3 aromatic heterocycles. The topological polar surface area (TPSA) is 263 Å². The number of aromatic nitrogens is 6. The van der Waals surface area contributed by atoms with Gasteiger partial charge in [-0.25, -0.2) is 47.1 Å². The second kappa shape index (κ2) is 24.5. The number of hydroxylamine groups is 6. The van der Waals surface area contributed by atoms with Crippen LogP contribution in [0.5, 0.6) is 0 Å². The van der Waals surface area contributed by atoms with Crippen LogP contribution in [-0.2, 0) is 73.0 Å². The molecule has 3 N–H and O–H groups in total. The van der Waals surface area contributed by atoms with E-state index in [0.29, 0.717) is 104 Å². The third-order valence-electron chi connectivity index (χ3n) is 15.4. The number of halogens is 5. The van der Waals surface area contributed by atoms with E-state index in [-0.39, 0.29) is 78.6 Å². The fourth-order valence-corrected chi connectivity index (χ4v) is 11.1. The Morgan fingerprint density at radius 2 is 0.930 bits per heavy atom. The Labute approximate surface area is 494 Å². The van der Waals surface area contributed by atoms with Gasteiger partial charge in [0.25, 0.3) is 17.7 Å². The summed E-state index contributed by atoms with van der Waals surface area (Å²) >= 11 is 5.65. The van der Waals surface area contributed by atoms with Gasteiger partial charge in [-0.15, -0.1) is 0 Å². The molecule has 86 heavy (non-hydrogen) atoms. The highest BCUT2D eigenvalue weighted by Crippen LogP contribution is 2.33. The molecule has 0 saturated carbocycles. The molecule has 3 aromatic carbocycles. The number of hydrogen-bond acceptors (Lipinski definition) is 13. The van der Waals surface area contributed by atoms with E-state index in [4.69, 9.17) is 31.4 Å². The molecule has 0 radical (unpaired) electrons. The Morgan fingerprint density at radius 3 is 1.30 bits per heavy atom. The molecule has 30 heteroatoms. The lowest BCUT2D eigenvalue weighted by atomic mass is 9.99. The standard InChI is InChI=1S/C19H19FN6O3.C19H22FN5O3.C18H18ClF2N5O3/c1-11-7-16-14(17-18(27)24(2)29-6-5-26(17)23-16)10-25(11)19(28)22-13-3-4-15(20)12(8-13)9-21;1-11-8-13(4-5-15(11)20)21-19(27)24-10-14-16(9-12(24)2)22-25-6-7-28-23(3)18(26)17(14)25;1-9-5-14-11(16-17(27)24(2)29-4-3-26(16)23-14)8-25(9)18(28)22-10-6-12(19)15(21)13(20)7-10/h3-4,8,11H,5-7,10H2,1-2H3,(H,22,28);4-5,8,12H,6-7,9-10H2,1-3H3,(H,21,27);6-7,9H,3-5,8H2,1-2H3,(H,22,28)/t11-;12-;9-/m111/s1. The number of nitrogens with zero attached hydrogens (tertiary/aromatic N) is 13. The van der Waals surface area contributed by atoms with E-state index in [1.807, 2.05) is 20.8 Å². The highest BCUT2D eigenvalue weighted by molar-refractivity contribution is 6.31. The SMILES string of the molecule is C[C@@H]1Cc2nn3c(c2CN1C(=O)Nc1cc(F)c(F)c(Cl)c1)C(=O)N(C)OCC3.C[C@@H]1Cc2nn3c(c2CN1C(=O)Nc1ccc(F)c(C#N)c1)C(=O)N(C)OCC3.Cc1cc(NC(=O)N2Cc3c(nn4c3C(=O)N(C)OCC4)C[C@H]2C)ccc1F. The fraction of sp³-hybridized carbons (Fsp3) is 0.393. The van der Waals surface area contributed by atoms with Crippen LogP contribution in [0.15, 0.2) is 48.5 Å². The number of nitriles is 1. The first kappa shape index (κ1) is 60.0. The molecule has 25 nitrogen and oxygen atoms in total. The van der Waals surface area contributed by atoms with Crippen LogP contribution in [0, 0.1) is 41.5 Å². The lowest BCUT2D eigenvalue weighted by Gasteiger charge is -2.33. The van der Waals surface area contributed by atoms with E-state index in [1.54, 1.807) is 57.0 Å². The van der Waals surface area contributed by atoms with Gasteiger partial charge in [0.2, 0.25) is 0 Å². The van der Waals surface area contributed by atoms with Crippen molar-refractivity contribution in [3.05, 3.63) is 139 Å². The lowest BCUT2D eigenvalue weighted by Crippen LogP contribution is -2.45. The highest BCUT2D eigenvalue weighted by atomic mass is 35.5. The smallest absolute Gasteiger partial charge is 0.317 e. The molecule has 0 aliphatic carbocycles. The molecule has 6 aliphatic rings. The van der Waals surface area contributed by atoms with Gasteiger partial charge in [-0.1, -0.05) is 11.6 Å². The predicted molar refractivity (Wildman–Crippen MR) is 298 cm³/mol. The van der Waals surface area contributed by atoms with E-state index < -0.39 is 34.5 Å². The Balaban J connectivity index is 0.000000143. The van der Waals surface area contributed by atoms with Crippen molar-refractivity contribution in [1.29, 1.82) is 5.26 Å². The van der Waals surface area contributed by atoms with Gasteiger partial charge in [-0.3, -0.25) is 42.9 Å². The Hall–Kier alpha value is -9.11. The van der Waals surface area contributed by atoms with Gasteiger partial charge in [0.15, 0.2) is 11.6 Å².